The summed E-state index contributed by atoms with van der Waals surface area (Å²) in [4.78, 5) is 27.7. The van der Waals surface area contributed by atoms with Gasteiger partial charge in [-0.2, -0.15) is 0 Å². The predicted octanol–water partition coefficient (Wildman–Crippen LogP) is 3.30. The van der Waals surface area contributed by atoms with Crippen LogP contribution >= 0.6 is 0 Å². The normalized spacial score (nSPS) is 15.8. The molecule has 0 bridgehead atoms. The summed E-state index contributed by atoms with van der Waals surface area (Å²) in [6.45, 7) is 11.9. The van der Waals surface area contributed by atoms with E-state index in [1.54, 1.807) is 24.2 Å². The molecular weight excluding hydrogens is 556 g/mol. The van der Waals surface area contributed by atoms with Crippen LogP contribution in [-0.4, -0.2) is 115 Å². The van der Waals surface area contributed by atoms with Crippen molar-refractivity contribution in [2.24, 2.45) is 0 Å². The quantitative estimate of drug-likeness (QED) is 0.148. The lowest BCUT2D eigenvalue weighted by Gasteiger charge is -2.24. The Balaban J connectivity index is 1.64. The SMILES string of the molecule is C=C(/C=C\C=C/C)[C@H](NC(=O)OCc1ccccc1)C(=O)N1CC[C@H](OCCOCCOCCOCCOCCOC)C1. The number of nitrogens with zero attached hydrogens (tertiary/aromatic N) is 1. The molecule has 1 heterocycles. The van der Waals surface area contributed by atoms with Gasteiger partial charge in [-0.05, 0) is 24.5 Å². The van der Waals surface area contributed by atoms with Crippen molar-refractivity contribution in [3.8, 4) is 0 Å². The molecule has 2 rings (SSSR count). The molecule has 43 heavy (non-hydrogen) atoms. The van der Waals surface area contributed by atoms with Gasteiger partial charge in [-0.25, -0.2) is 4.79 Å². The Kier molecular flexibility index (Phi) is 19.7. The molecule has 240 valence electrons. The van der Waals surface area contributed by atoms with E-state index in [9.17, 15) is 9.59 Å². The topological polar surface area (TPSA) is 114 Å². The molecule has 1 aliphatic heterocycles. The first-order valence-electron chi connectivity index (χ1n) is 14.7. The number of carbonyl (C=O) groups is 2. The van der Waals surface area contributed by atoms with Crippen LogP contribution in [0.5, 0.6) is 0 Å². The number of benzene rings is 1. The number of hydrogen-bond acceptors (Lipinski definition) is 9. The van der Waals surface area contributed by atoms with Gasteiger partial charge in [0.15, 0.2) is 0 Å². The second-order valence-corrected chi connectivity index (χ2v) is 9.61. The minimum Gasteiger partial charge on any atom is -0.445 e. The van der Waals surface area contributed by atoms with Crippen LogP contribution < -0.4 is 5.32 Å². The Morgan fingerprint density at radius 2 is 1.53 bits per heavy atom. The minimum absolute atomic E-state index is 0.0998. The van der Waals surface area contributed by atoms with Gasteiger partial charge >= 0.3 is 6.09 Å². The smallest absolute Gasteiger partial charge is 0.408 e. The number of ether oxygens (including phenoxy) is 7. The maximum Gasteiger partial charge on any atom is 0.408 e. The van der Waals surface area contributed by atoms with Crippen LogP contribution in [0.2, 0.25) is 0 Å². The number of amides is 2. The highest BCUT2D eigenvalue weighted by molar-refractivity contribution is 5.89. The van der Waals surface area contributed by atoms with Crippen molar-refractivity contribution < 1.29 is 42.7 Å². The largest absolute Gasteiger partial charge is 0.445 e. The van der Waals surface area contributed by atoms with Gasteiger partial charge in [0.25, 0.3) is 0 Å². The van der Waals surface area contributed by atoms with Crippen molar-refractivity contribution in [1.82, 2.24) is 10.2 Å². The van der Waals surface area contributed by atoms with Crippen molar-refractivity contribution in [2.45, 2.75) is 32.1 Å². The molecule has 0 unspecified atom stereocenters. The minimum atomic E-state index is -0.952. The highest BCUT2D eigenvalue weighted by Gasteiger charge is 2.33. The number of hydrogen-bond donors (Lipinski definition) is 1. The summed E-state index contributed by atoms with van der Waals surface area (Å²) < 4.78 is 38.0. The van der Waals surface area contributed by atoms with Crippen LogP contribution in [0.15, 0.2) is 66.8 Å². The number of methoxy groups -OCH3 is 1. The summed E-state index contributed by atoms with van der Waals surface area (Å²) in [5.74, 6) is -0.256. The van der Waals surface area contributed by atoms with Crippen LogP contribution in [0, 0.1) is 0 Å². The van der Waals surface area contributed by atoms with Gasteiger partial charge in [0, 0.05) is 20.2 Å². The highest BCUT2D eigenvalue weighted by atomic mass is 16.6. The molecule has 0 aromatic heterocycles. The molecule has 2 amide bonds. The Morgan fingerprint density at radius 3 is 2.14 bits per heavy atom. The molecule has 1 aromatic rings. The summed E-state index contributed by atoms with van der Waals surface area (Å²) in [6.07, 6.45) is 7.06. The van der Waals surface area contributed by atoms with Gasteiger partial charge < -0.3 is 43.4 Å². The first-order valence-corrected chi connectivity index (χ1v) is 14.7. The van der Waals surface area contributed by atoms with Crippen molar-refractivity contribution in [1.29, 1.82) is 0 Å². The molecule has 2 atom stereocenters. The Morgan fingerprint density at radius 1 is 0.930 bits per heavy atom. The molecule has 1 saturated heterocycles. The van der Waals surface area contributed by atoms with Crippen LogP contribution in [0.3, 0.4) is 0 Å². The zero-order chi connectivity index (χ0) is 31.0. The lowest BCUT2D eigenvalue weighted by atomic mass is 10.1. The van der Waals surface area contributed by atoms with Crippen molar-refractivity contribution >= 4 is 12.0 Å². The first-order chi connectivity index (χ1) is 21.0. The van der Waals surface area contributed by atoms with E-state index in [2.05, 4.69) is 11.9 Å². The van der Waals surface area contributed by atoms with E-state index in [1.807, 2.05) is 49.4 Å². The van der Waals surface area contributed by atoms with E-state index in [0.29, 0.717) is 91.2 Å². The lowest BCUT2D eigenvalue weighted by Crippen LogP contribution is -2.49. The number of rotatable bonds is 23. The second kappa shape index (κ2) is 23.4. The third kappa shape index (κ3) is 16.4. The number of carbonyl (C=O) groups excluding carboxylic acids is 2. The number of nitrogens with one attached hydrogen (secondary N) is 1. The van der Waals surface area contributed by atoms with Crippen LogP contribution in [0.25, 0.3) is 0 Å². The average Bonchev–Trinajstić information content (AvgIpc) is 3.50. The van der Waals surface area contributed by atoms with E-state index in [0.717, 1.165) is 5.56 Å². The van der Waals surface area contributed by atoms with Gasteiger partial charge in [0.2, 0.25) is 5.91 Å². The highest BCUT2D eigenvalue weighted by Crippen LogP contribution is 2.17. The van der Waals surface area contributed by atoms with E-state index < -0.39 is 12.1 Å². The molecule has 0 radical (unpaired) electrons. The molecule has 0 aliphatic carbocycles. The molecule has 11 heteroatoms. The van der Waals surface area contributed by atoms with Gasteiger partial charge in [0.1, 0.15) is 12.6 Å². The third-order valence-corrected chi connectivity index (χ3v) is 6.29. The van der Waals surface area contributed by atoms with Crippen molar-refractivity contribution in [2.75, 3.05) is 86.3 Å². The Hall–Kier alpha value is -3.06. The molecule has 11 nitrogen and oxygen atoms in total. The van der Waals surface area contributed by atoms with Crippen LogP contribution in [-0.2, 0) is 44.6 Å². The summed E-state index contributed by atoms with van der Waals surface area (Å²) in [7, 11) is 1.64. The summed E-state index contributed by atoms with van der Waals surface area (Å²) in [5, 5.41) is 2.69. The number of allylic oxidation sites excluding steroid dienone is 3. The fourth-order valence-electron chi connectivity index (χ4n) is 4.01. The fraction of sp³-hybridized carbons (Fsp3) is 0.562. The summed E-state index contributed by atoms with van der Waals surface area (Å²) >= 11 is 0. The molecule has 0 spiro atoms. The zero-order valence-electron chi connectivity index (χ0n) is 25.6. The summed E-state index contributed by atoms with van der Waals surface area (Å²) in [6, 6.07) is 8.39. The molecular formula is C32H48N2O9. The van der Waals surface area contributed by atoms with Crippen molar-refractivity contribution in [3.05, 3.63) is 72.4 Å². The van der Waals surface area contributed by atoms with Gasteiger partial charge in [-0.1, -0.05) is 61.2 Å². The molecule has 1 aromatic carbocycles. The van der Waals surface area contributed by atoms with E-state index >= 15 is 0 Å². The monoisotopic (exact) mass is 604 g/mol. The lowest BCUT2D eigenvalue weighted by molar-refractivity contribution is -0.131. The maximum atomic E-state index is 13.4. The van der Waals surface area contributed by atoms with Crippen LogP contribution in [0.4, 0.5) is 4.79 Å². The first kappa shape index (κ1) is 36.1. The van der Waals surface area contributed by atoms with E-state index in [1.165, 1.54) is 0 Å². The number of likely N-dealkylation sites (tertiary alicyclic amines) is 1. The van der Waals surface area contributed by atoms with Gasteiger partial charge in [0.05, 0.1) is 72.2 Å². The van der Waals surface area contributed by atoms with Crippen molar-refractivity contribution in [3.63, 3.8) is 0 Å². The standard InChI is InChI=1S/C32H48N2O9/c1-4-5-7-10-27(2)30(33-32(36)43-26-28-11-8-6-9-12-28)31(35)34-14-13-29(25-34)42-24-23-41-22-21-40-20-19-39-18-17-38-16-15-37-3/h4-12,29-30H,2,13-26H2,1,3H3,(H,33,36)/b5-4-,10-7-/t29-,30-/m0/s1. The fourth-order valence-corrected chi connectivity index (χ4v) is 4.01. The third-order valence-electron chi connectivity index (χ3n) is 6.29. The Bertz CT molecular complexity index is 971. The van der Waals surface area contributed by atoms with E-state index in [4.69, 9.17) is 33.2 Å². The van der Waals surface area contributed by atoms with Gasteiger partial charge in [-0.15, -0.1) is 0 Å². The molecule has 0 saturated carbocycles. The average molecular weight is 605 g/mol. The predicted molar refractivity (Wildman–Crippen MR) is 163 cm³/mol. The van der Waals surface area contributed by atoms with Gasteiger partial charge in [-0.3, -0.25) is 4.79 Å². The molecule has 1 aliphatic rings. The zero-order valence-corrected chi connectivity index (χ0v) is 25.6. The Labute approximate surface area is 255 Å². The van der Waals surface area contributed by atoms with E-state index in [-0.39, 0.29) is 18.6 Å². The molecule has 1 fully saturated rings. The number of alkyl carbamates (subject to hydrolysis) is 1. The summed E-state index contributed by atoms with van der Waals surface area (Å²) in [5.41, 5.74) is 1.31. The molecule has 1 N–H and O–H groups in total. The maximum absolute atomic E-state index is 13.4. The second-order valence-electron chi connectivity index (χ2n) is 9.61. The van der Waals surface area contributed by atoms with Crippen LogP contribution in [0.1, 0.15) is 18.9 Å².